The van der Waals surface area contributed by atoms with Gasteiger partial charge >= 0.3 is 39.5 Å². The standard InChI is InChI=1S/C79H150O17P2/c1-5-9-13-17-21-25-29-33-35-36-38-42-46-50-54-58-62-66-79(84)96-75(70-90-77(82)64-60-56-52-48-44-41-37-34-30-26-22-18-14-10-6-2)72-94-98(87,88)92-68-73(80)67-91-97(85,86)93-71-74(95-78(83)65-61-57-53-49-45-40-32-28-24-20-16-12-8-4)69-89-76(81)63-59-55-51-47-43-39-31-27-23-19-15-11-7-3/h22,26,34,37,73-75,80H,5-21,23-25,27-33,35-36,38-72H2,1-4H3,(H,85,86)(H,87,88)/b26-22-,37-34-/t73-,74+,75+/m0/s1. The first-order valence-electron chi connectivity index (χ1n) is 40.6. The number of unbranched alkanes of at least 4 members (excludes halogenated alkanes) is 48. The van der Waals surface area contributed by atoms with E-state index < -0.39 is 97.5 Å². The number of carbonyl (C=O) groups is 4. The summed E-state index contributed by atoms with van der Waals surface area (Å²) in [6.45, 7) is 4.95. The minimum atomic E-state index is -4.97. The number of rotatable bonds is 78. The van der Waals surface area contributed by atoms with Crippen molar-refractivity contribution in [3.05, 3.63) is 24.3 Å². The Hall–Kier alpha value is -2.46. The van der Waals surface area contributed by atoms with Crippen LogP contribution in [0.15, 0.2) is 24.3 Å². The number of carbonyl (C=O) groups excluding carboxylic acids is 4. The third-order valence-corrected chi connectivity index (χ3v) is 19.9. The van der Waals surface area contributed by atoms with Gasteiger partial charge in [0.1, 0.15) is 19.3 Å². The minimum absolute atomic E-state index is 0.102. The van der Waals surface area contributed by atoms with Gasteiger partial charge in [0, 0.05) is 25.7 Å². The van der Waals surface area contributed by atoms with Gasteiger partial charge in [-0.3, -0.25) is 37.3 Å². The average Bonchev–Trinajstić information content (AvgIpc) is 1.14. The molecule has 578 valence electrons. The maximum Gasteiger partial charge on any atom is 0.472 e. The quantitative estimate of drug-likeness (QED) is 0.0169. The fourth-order valence-electron chi connectivity index (χ4n) is 11.7. The van der Waals surface area contributed by atoms with Crippen LogP contribution in [0.2, 0.25) is 0 Å². The molecule has 5 atom stereocenters. The van der Waals surface area contributed by atoms with Gasteiger partial charge in [-0.1, -0.05) is 341 Å². The molecule has 19 heteroatoms. The number of phosphoric ester groups is 2. The van der Waals surface area contributed by atoms with E-state index in [1.807, 2.05) is 0 Å². The molecule has 17 nitrogen and oxygen atoms in total. The molecule has 0 heterocycles. The summed E-state index contributed by atoms with van der Waals surface area (Å²) in [5.74, 6) is -2.13. The zero-order valence-electron chi connectivity index (χ0n) is 63.2. The van der Waals surface area contributed by atoms with Gasteiger partial charge in [0.2, 0.25) is 0 Å². The van der Waals surface area contributed by atoms with Gasteiger partial charge in [-0.05, 0) is 57.8 Å². The van der Waals surface area contributed by atoms with E-state index in [9.17, 15) is 43.2 Å². The monoisotopic (exact) mass is 1430 g/mol. The summed E-state index contributed by atoms with van der Waals surface area (Å²) in [7, 11) is -9.93. The average molecular weight is 1430 g/mol. The second kappa shape index (κ2) is 72.9. The van der Waals surface area contributed by atoms with Crippen molar-refractivity contribution in [3.8, 4) is 0 Å². The van der Waals surface area contributed by atoms with Gasteiger partial charge in [-0.15, -0.1) is 0 Å². The molecule has 0 aromatic rings. The SMILES string of the molecule is CCCCC/C=C\C/C=C\CCCCCCCC(=O)OC[C@H](COP(=O)(O)OC[C@@H](O)COP(=O)(O)OC[C@@H](COC(=O)CCCCCCCCCCCCCCC)OC(=O)CCCCCCCCCCCCCCC)OC(=O)CCCCCCCCCCCCCCCCCCC. The Morgan fingerprint density at radius 2 is 0.500 bits per heavy atom. The van der Waals surface area contributed by atoms with E-state index in [1.54, 1.807) is 0 Å². The van der Waals surface area contributed by atoms with Crippen molar-refractivity contribution in [1.29, 1.82) is 0 Å². The van der Waals surface area contributed by atoms with Crippen molar-refractivity contribution < 1.29 is 80.2 Å². The molecule has 0 aromatic heterocycles. The molecular formula is C79H150O17P2. The van der Waals surface area contributed by atoms with Crippen LogP contribution in [0.3, 0.4) is 0 Å². The molecule has 0 aliphatic carbocycles. The number of allylic oxidation sites excluding steroid dienone is 4. The predicted octanol–water partition coefficient (Wildman–Crippen LogP) is 23.3. The number of aliphatic hydroxyl groups excluding tert-OH is 1. The second-order valence-electron chi connectivity index (χ2n) is 27.7. The molecule has 0 amide bonds. The van der Waals surface area contributed by atoms with E-state index in [1.165, 1.54) is 205 Å². The van der Waals surface area contributed by atoms with Crippen molar-refractivity contribution in [2.45, 2.75) is 418 Å². The van der Waals surface area contributed by atoms with Crippen molar-refractivity contribution >= 4 is 39.5 Å². The summed E-state index contributed by atoms with van der Waals surface area (Å²) in [4.78, 5) is 72.9. The number of esters is 4. The lowest BCUT2D eigenvalue weighted by atomic mass is 10.0. The van der Waals surface area contributed by atoms with Crippen LogP contribution in [0.4, 0.5) is 0 Å². The Morgan fingerprint density at radius 3 is 0.776 bits per heavy atom. The zero-order valence-corrected chi connectivity index (χ0v) is 65.0. The molecule has 0 radical (unpaired) electrons. The van der Waals surface area contributed by atoms with Crippen LogP contribution in [0.5, 0.6) is 0 Å². The Kier molecular flexibility index (Phi) is 71.0. The highest BCUT2D eigenvalue weighted by molar-refractivity contribution is 7.47. The number of hydrogen-bond donors (Lipinski definition) is 3. The highest BCUT2D eigenvalue weighted by atomic mass is 31.2. The Labute approximate surface area is 599 Å². The van der Waals surface area contributed by atoms with E-state index in [0.717, 1.165) is 116 Å². The highest BCUT2D eigenvalue weighted by Gasteiger charge is 2.30. The fraction of sp³-hybridized carbons (Fsp3) is 0.899. The molecule has 98 heavy (non-hydrogen) atoms. The van der Waals surface area contributed by atoms with E-state index in [4.69, 9.17) is 37.0 Å². The summed E-state index contributed by atoms with van der Waals surface area (Å²) < 4.78 is 68.6. The summed E-state index contributed by atoms with van der Waals surface area (Å²) in [5.41, 5.74) is 0. The summed E-state index contributed by atoms with van der Waals surface area (Å²) in [5, 5.41) is 10.6. The van der Waals surface area contributed by atoms with E-state index in [-0.39, 0.29) is 25.7 Å². The lowest BCUT2D eigenvalue weighted by Gasteiger charge is -2.21. The Morgan fingerprint density at radius 1 is 0.286 bits per heavy atom. The molecule has 0 fully saturated rings. The van der Waals surface area contributed by atoms with Crippen LogP contribution >= 0.6 is 15.6 Å². The predicted molar refractivity (Wildman–Crippen MR) is 400 cm³/mol. The van der Waals surface area contributed by atoms with Crippen molar-refractivity contribution in [2.75, 3.05) is 39.6 Å². The van der Waals surface area contributed by atoms with Gasteiger partial charge in [0.05, 0.1) is 26.4 Å². The largest absolute Gasteiger partial charge is 0.472 e. The first-order chi connectivity index (χ1) is 47.7. The van der Waals surface area contributed by atoms with Gasteiger partial charge in [0.15, 0.2) is 12.2 Å². The van der Waals surface area contributed by atoms with E-state index in [2.05, 4.69) is 52.0 Å². The molecule has 0 saturated carbocycles. The van der Waals surface area contributed by atoms with Crippen LogP contribution in [0.25, 0.3) is 0 Å². The third kappa shape index (κ3) is 71.9. The molecule has 0 aliphatic heterocycles. The molecule has 3 N–H and O–H groups in total. The minimum Gasteiger partial charge on any atom is -0.462 e. The number of hydrogen-bond acceptors (Lipinski definition) is 15. The first kappa shape index (κ1) is 95.5. The first-order valence-corrected chi connectivity index (χ1v) is 43.6. The molecule has 2 unspecified atom stereocenters. The zero-order chi connectivity index (χ0) is 71.8. The van der Waals surface area contributed by atoms with Crippen LogP contribution in [0.1, 0.15) is 400 Å². The highest BCUT2D eigenvalue weighted by Crippen LogP contribution is 2.45. The van der Waals surface area contributed by atoms with Crippen molar-refractivity contribution in [2.24, 2.45) is 0 Å². The summed E-state index contributed by atoms with van der Waals surface area (Å²) in [6.07, 6.45) is 67.2. The molecule has 0 spiro atoms. The second-order valence-corrected chi connectivity index (χ2v) is 30.6. The van der Waals surface area contributed by atoms with Gasteiger partial charge in [-0.2, -0.15) is 0 Å². The maximum absolute atomic E-state index is 13.1. The summed E-state index contributed by atoms with van der Waals surface area (Å²) in [6, 6.07) is 0. The van der Waals surface area contributed by atoms with Gasteiger partial charge < -0.3 is 33.8 Å². The molecule has 0 rings (SSSR count). The van der Waals surface area contributed by atoms with Crippen LogP contribution < -0.4 is 0 Å². The van der Waals surface area contributed by atoms with Gasteiger partial charge in [0.25, 0.3) is 0 Å². The number of ether oxygens (including phenoxy) is 4. The molecule has 0 bridgehead atoms. The third-order valence-electron chi connectivity index (χ3n) is 17.9. The van der Waals surface area contributed by atoms with E-state index >= 15 is 0 Å². The molecule has 0 aliphatic rings. The lowest BCUT2D eigenvalue weighted by Crippen LogP contribution is -2.30. The van der Waals surface area contributed by atoms with Gasteiger partial charge in [-0.25, -0.2) is 9.13 Å². The lowest BCUT2D eigenvalue weighted by molar-refractivity contribution is -0.161. The number of phosphoric acid groups is 2. The maximum atomic E-state index is 13.1. The molecule has 0 aromatic carbocycles. The van der Waals surface area contributed by atoms with Crippen LogP contribution in [0, 0.1) is 0 Å². The van der Waals surface area contributed by atoms with Crippen molar-refractivity contribution in [1.82, 2.24) is 0 Å². The normalized spacial score (nSPS) is 14.0. The Balaban J connectivity index is 5.29. The fourth-order valence-corrected chi connectivity index (χ4v) is 13.3. The molecular weight excluding hydrogens is 1280 g/mol. The van der Waals surface area contributed by atoms with Crippen LogP contribution in [-0.2, 0) is 65.4 Å². The summed E-state index contributed by atoms with van der Waals surface area (Å²) >= 11 is 0. The van der Waals surface area contributed by atoms with Crippen LogP contribution in [-0.4, -0.2) is 96.7 Å². The topological polar surface area (TPSA) is 237 Å². The van der Waals surface area contributed by atoms with E-state index in [0.29, 0.717) is 25.7 Å². The van der Waals surface area contributed by atoms with Crippen molar-refractivity contribution in [3.63, 3.8) is 0 Å². The molecule has 0 saturated heterocycles. The smallest absolute Gasteiger partial charge is 0.462 e. The number of aliphatic hydroxyl groups is 1. The Bertz CT molecular complexity index is 1950.